The first kappa shape index (κ1) is 13.8. The third kappa shape index (κ3) is 4.34. The number of benzene rings is 1. The summed E-state index contributed by atoms with van der Waals surface area (Å²) in [5.74, 6) is 2.29. The molecule has 4 heteroatoms. The van der Waals surface area contributed by atoms with Crippen molar-refractivity contribution in [2.24, 2.45) is 0 Å². The lowest BCUT2D eigenvalue weighted by Gasteiger charge is -2.10. The number of hydrogen-bond acceptors (Lipinski definition) is 2. The minimum Gasteiger partial charge on any atom is -0.490 e. The van der Waals surface area contributed by atoms with Gasteiger partial charge in [0.15, 0.2) is 11.6 Å². The predicted octanol–water partition coefficient (Wildman–Crippen LogP) is 4.24. The van der Waals surface area contributed by atoms with Crippen molar-refractivity contribution in [1.29, 1.82) is 0 Å². The molecule has 0 saturated heterocycles. The van der Waals surface area contributed by atoms with E-state index < -0.39 is 0 Å². The van der Waals surface area contributed by atoms with Gasteiger partial charge in [-0.15, -0.1) is 0 Å². The molecule has 0 aromatic heterocycles. The normalized spacial score (nSPS) is 10.4. The second-order valence-electron chi connectivity index (χ2n) is 3.26. The van der Waals surface area contributed by atoms with E-state index in [4.69, 9.17) is 4.74 Å². The molecule has 0 bridgehead atoms. The summed E-state index contributed by atoms with van der Waals surface area (Å²) < 4.78 is 18.9. The van der Waals surface area contributed by atoms with Gasteiger partial charge in [0.05, 0.1) is 6.61 Å². The van der Waals surface area contributed by atoms with E-state index in [1.807, 2.05) is 17.8 Å². The van der Waals surface area contributed by atoms with Gasteiger partial charge in [-0.2, -0.15) is 11.8 Å². The molecule has 0 fully saturated rings. The van der Waals surface area contributed by atoms with E-state index in [-0.39, 0.29) is 5.82 Å². The maximum Gasteiger partial charge on any atom is 0.165 e. The Morgan fingerprint density at radius 3 is 2.94 bits per heavy atom. The zero-order valence-electron chi connectivity index (χ0n) is 9.34. The molecule has 1 aromatic carbocycles. The van der Waals surface area contributed by atoms with Crippen molar-refractivity contribution in [1.82, 2.24) is 0 Å². The maximum absolute atomic E-state index is 13.5. The summed E-state index contributed by atoms with van der Waals surface area (Å²) in [5, 5.41) is 0.615. The van der Waals surface area contributed by atoms with Crippen LogP contribution < -0.4 is 4.74 Å². The zero-order valence-corrected chi connectivity index (χ0v) is 11.7. The van der Waals surface area contributed by atoms with Crippen LogP contribution in [0.25, 0.3) is 0 Å². The highest BCUT2D eigenvalue weighted by Gasteiger charge is 2.08. The average Bonchev–Trinajstić information content (AvgIpc) is 2.30. The predicted molar refractivity (Wildman–Crippen MR) is 72.1 cm³/mol. The van der Waals surface area contributed by atoms with Crippen LogP contribution in [-0.2, 0) is 5.33 Å². The summed E-state index contributed by atoms with van der Waals surface area (Å²) in [7, 11) is 0. The zero-order chi connectivity index (χ0) is 11.8. The molecule has 0 saturated carbocycles. The fourth-order valence-electron chi connectivity index (χ4n) is 1.30. The highest BCUT2D eigenvalue weighted by molar-refractivity contribution is 9.08. The molecule has 0 aliphatic rings. The van der Waals surface area contributed by atoms with Crippen LogP contribution in [0.3, 0.4) is 0 Å². The molecule has 1 nitrogen and oxygen atoms in total. The van der Waals surface area contributed by atoms with E-state index in [9.17, 15) is 4.39 Å². The third-order valence-corrected chi connectivity index (χ3v) is 3.67. The first-order valence-corrected chi connectivity index (χ1v) is 7.61. The summed E-state index contributed by atoms with van der Waals surface area (Å²) in [4.78, 5) is 0. The van der Waals surface area contributed by atoms with Gasteiger partial charge in [-0.1, -0.05) is 35.0 Å². The van der Waals surface area contributed by atoms with E-state index >= 15 is 0 Å². The SMILES string of the molecule is CCSCCCOc1c(F)cccc1CBr. The molecule has 0 atom stereocenters. The molecule has 16 heavy (non-hydrogen) atoms. The Bertz CT molecular complexity index is 320. The minimum absolute atomic E-state index is 0.278. The largest absolute Gasteiger partial charge is 0.490 e. The van der Waals surface area contributed by atoms with Crippen molar-refractivity contribution in [2.45, 2.75) is 18.7 Å². The first-order chi connectivity index (χ1) is 7.79. The molecule has 1 aromatic rings. The van der Waals surface area contributed by atoms with Gasteiger partial charge >= 0.3 is 0 Å². The number of ether oxygens (including phenoxy) is 1. The van der Waals surface area contributed by atoms with E-state index in [0.29, 0.717) is 17.7 Å². The Kier molecular flexibility index (Phi) is 6.88. The Labute approximate surface area is 109 Å². The molecular weight excluding hydrogens is 291 g/mol. The lowest BCUT2D eigenvalue weighted by molar-refractivity contribution is 0.300. The van der Waals surface area contributed by atoms with Gasteiger partial charge in [-0.3, -0.25) is 0 Å². The van der Waals surface area contributed by atoms with Crippen molar-refractivity contribution in [3.8, 4) is 5.75 Å². The molecule has 0 N–H and O–H groups in total. The van der Waals surface area contributed by atoms with Gasteiger partial charge in [0, 0.05) is 10.9 Å². The highest BCUT2D eigenvalue weighted by Crippen LogP contribution is 2.24. The Hall–Kier alpha value is -0.220. The van der Waals surface area contributed by atoms with E-state index in [2.05, 4.69) is 22.9 Å². The number of alkyl halides is 1. The van der Waals surface area contributed by atoms with Gasteiger partial charge in [-0.25, -0.2) is 4.39 Å². The molecule has 0 unspecified atom stereocenters. The molecular formula is C12H16BrFOS. The summed E-state index contributed by atoms with van der Waals surface area (Å²) in [6.45, 7) is 2.71. The van der Waals surface area contributed by atoms with Crippen molar-refractivity contribution in [2.75, 3.05) is 18.1 Å². The van der Waals surface area contributed by atoms with Crippen LogP contribution in [0.5, 0.6) is 5.75 Å². The van der Waals surface area contributed by atoms with Crippen molar-refractivity contribution < 1.29 is 9.13 Å². The van der Waals surface area contributed by atoms with E-state index in [1.165, 1.54) is 6.07 Å². The quantitative estimate of drug-likeness (QED) is 0.550. The van der Waals surface area contributed by atoms with E-state index in [1.54, 1.807) is 6.07 Å². The van der Waals surface area contributed by atoms with Crippen LogP contribution >= 0.6 is 27.7 Å². The number of rotatable bonds is 7. The number of thioether (sulfide) groups is 1. The van der Waals surface area contributed by atoms with Gasteiger partial charge < -0.3 is 4.74 Å². The van der Waals surface area contributed by atoms with Crippen LogP contribution in [0.4, 0.5) is 4.39 Å². The van der Waals surface area contributed by atoms with Gasteiger partial charge in [0.1, 0.15) is 0 Å². The van der Waals surface area contributed by atoms with Crippen LogP contribution in [0.15, 0.2) is 18.2 Å². The summed E-state index contributed by atoms with van der Waals surface area (Å²) in [5.41, 5.74) is 0.864. The fraction of sp³-hybridized carbons (Fsp3) is 0.500. The number of hydrogen-bond donors (Lipinski definition) is 0. The summed E-state index contributed by atoms with van der Waals surface area (Å²) >= 11 is 5.20. The van der Waals surface area contributed by atoms with Gasteiger partial charge in [0.25, 0.3) is 0 Å². The van der Waals surface area contributed by atoms with Crippen molar-refractivity contribution in [3.63, 3.8) is 0 Å². The fourth-order valence-corrected chi connectivity index (χ4v) is 2.35. The highest BCUT2D eigenvalue weighted by atomic mass is 79.9. The smallest absolute Gasteiger partial charge is 0.165 e. The number of para-hydroxylation sites is 1. The Morgan fingerprint density at radius 2 is 2.25 bits per heavy atom. The van der Waals surface area contributed by atoms with Crippen molar-refractivity contribution in [3.05, 3.63) is 29.6 Å². The summed E-state index contributed by atoms with van der Waals surface area (Å²) in [6.07, 6.45) is 0.953. The molecule has 0 spiro atoms. The Morgan fingerprint density at radius 1 is 1.44 bits per heavy atom. The maximum atomic E-state index is 13.5. The third-order valence-electron chi connectivity index (χ3n) is 2.08. The van der Waals surface area contributed by atoms with Crippen LogP contribution in [0, 0.1) is 5.82 Å². The summed E-state index contributed by atoms with van der Waals surface area (Å²) in [6, 6.07) is 5.00. The molecule has 0 aliphatic heterocycles. The number of halogens is 2. The Balaban J connectivity index is 2.46. The average molecular weight is 307 g/mol. The molecule has 1 rings (SSSR count). The van der Waals surface area contributed by atoms with E-state index in [0.717, 1.165) is 23.5 Å². The second-order valence-corrected chi connectivity index (χ2v) is 5.22. The van der Waals surface area contributed by atoms with Crippen molar-refractivity contribution >= 4 is 27.7 Å². The van der Waals surface area contributed by atoms with Gasteiger partial charge in [0.2, 0.25) is 0 Å². The monoisotopic (exact) mass is 306 g/mol. The van der Waals surface area contributed by atoms with Gasteiger partial charge in [-0.05, 0) is 24.0 Å². The standard InChI is InChI=1S/C12H16BrFOS/c1-2-16-8-4-7-15-12-10(9-13)5-3-6-11(12)14/h3,5-6H,2,4,7-9H2,1H3. The molecule has 90 valence electrons. The molecule has 0 heterocycles. The lowest BCUT2D eigenvalue weighted by Crippen LogP contribution is -2.02. The molecule has 0 radical (unpaired) electrons. The lowest BCUT2D eigenvalue weighted by atomic mass is 10.2. The first-order valence-electron chi connectivity index (χ1n) is 5.33. The van der Waals surface area contributed by atoms with Crippen LogP contribution in [0.1, 0.15) is 18.9 Å². The van der Waals surface area contributed by atoms with Crippen LogP contribution in [-0.4, -0.2) is 18.1 Å². The minimum atomic E-state index is -0.278. The molecule has 0 amide bonds. The molecule has 0 aliphatic carbocycles. The second kappa shape index (κ2) is 7.96. The topological polar surface area (TPSA) is 9.23 Å². The van der Waals surface area contributed by atoms with Crippen LogP contribution in [0.2, 0.25) is 0 Å².